The van der Waals surface area contributed by atoms with Gasteiger partial charge in [0.2, 0.25) is 0 Å². The second-order valence-corrected chi connectivity index (χ2v) is 7.03. The van der Waals surface area contributed by atoms with Crippen LogP contribution in [0.15, 0.2) is 0 Å². The molecule has 0 radical (unpaired) electrons. The summed E-state index contributed by atoms with van der Waals surface area (Å²) in [6.45, 7) is 9.17. The maximum absolute atomic E-state index is 12.4. The third-order valence-corrected chi connectivity index (χ3v) is 4.68. The molecule has 0 aromatic rings. The highest BCUT2D eigenvalue weighted by molar-refractivity contribution is 5.81. The molecule has 2 rings (SSSR count). The zero-order valence-electron chi connectivity index (χ0n) is 12.5. The summed E-state index contributed by atoms with van der Waals surface area (Å²) >= 11 is 0. The van der Waals surface area contributed by atoms with Gasteiger partial charge in [0.1, 0.15) is 6.10 Å². The van der Waals surface area contributed by atoms with Gasteiger partial charge in [-0.3, -0.25) is 4.79 Å². The van der Waals surface area contributed by atoms with Gasteiger partial charge in [0.25, 0.3) is 5.91 Å². The molecule has 0 aromatic heterocycles. The molecule has 0 aliphatic carbocycles. The van der Waals surface area contributed by atoms with E-state index in [0.29, 0.717) is 12.0 Å². The smallest absolute Gasteiger partial charge is 0.251 e. The van der Waals surface area contributed by atoms with Crippen molar-refractivity contribution in [3.8, 4) is 0 Å². The predicted molar refractivity (Wildman–Crippen MR) is 75.7 cm³/mol. The Morgan fingerprint density at radius 3 is 2.32 bits per heavy atom. The largest absolute Gasteiger partial charge is 0.364 e. The van der Waals surface area contributed by atoms with Crippen LogP contribution in [0.3, 0.4) is 0 Å². The number of ether oxygens (including phenoxy) is 1. The standard InChI is InChI=1S/C15H28N2O2/c1-15(2,3)11-6-8-17(9-7-11)14(18)13-5-4-12(10-16)19-13/h11-13H,4-10,16H2,1-3H3. The van der Waals surface area contributed by atoms with Crippen LogP contribution in [-0.2, 0) is 9.53 Å². The zero-order valence-corrected chi connectivity index (χ0v) is 12.5. The van der Waals surface area contributed by atoms with Crippen LogP contribution in [0.5, 0.6) is 0 Å². The summed E-state index contributed by atoms with van der Waals surface area (Å²) < 4.78 is 5.70. The maximum atomic E-state index is 12.4. The molecule has 4 nitrogen and oxygen atoms in total. The van der Waals surface area contributed by atoms with E-state index in [2.05, 4.69) is 20.8 Å². The number of rotatable bonds is 2. The third-order valence-electron chi connectivity index (χ3n) is 4.68. The Balaban J connectivity index is 1.83. The van der Waals surface area contributed by atoms with Gasteiger partial charge in [-0.1, -0.05) is 20.8 Å². The first-order chi connectivity index (χ1) is 8.91. The minimum Gasteiger partial charge on any atom is -0.364 e. The summed E-state index contributed by atoms with van der Waals surface area (Å²) in [5.74, 6) is 0.904. The highest BCUT2D eigenvalue weighted by Crippen LogP contribution is 2.34. The van der Waals surface area contributed by atoms with Crippen molar-refractivity contribution in [2.24, 2.45) is 17.1 Å². The molecule has 0 bridgehead atoms. The Bertz CT molecular complexity index is 317. The normalized spacial score (nSPS) is 29.8. The SMILES string of the molecule is CC(C)(C)C1CCN(C(=O)C2CCC(CN)O2)CC1. The van der Waals surface area contributed by atoms with Crippen LogP contribution in [0.1, 0.15) is 46.5 Å². The van der Waals surface area contributed by atoms with E-state index in [1.54, 1.807) is 0 Å². The number of likely N-dealkylation sites (tertiary alicyclic amines) is 1. The summed E-state index contributed by atoms with van der Waals surface area (Å²) in [6.07, 6.45) is 3.83. The lowest BCUT2D eigenvalue weighted by Gasteiger charge is -2.39. The quantitative estimate of drug-likeness (QED) is 0.830. The minimum atomic E-state index is -0.236. The molecule has 2 unspecified atom stereocenters. The number of hydrogen-bond donors (Lipinski definition) is 1. The summed E-state index contributed by atoms with van der Waals surface area (Å²) in [7, 11) is 0. The van der Waals surface area contributed by atoms with Gasteiger partial charge < -0.3 is 15.4 Å². The second-order valence-electron chi connectivity index (χ2n) is 7.03. The number of nitrogens with zero attached hydrogens (tertiary/aromatic N) is 1. The fourth-order valence-corrected chi connectivity index (χ4v) is 3.23. The Morgan fingerprint density at radius 1 is 1.21 bits per heavy atom. The molecule has 2 atom stereocenters. The number of amides is 1. The van der Waals surface area contributed by atoms with Gasteiger partial charge in [-0.15, -0.1) is 0 Å². The highest BCUT2D eigenvalue weighted by Gasteiger charge is 2.36. The van der Waals surface area contributed by atoms with Crippen molar-refractivity contribution < 1.29 is 9.53 Å². The van der Waals surface area contributed by atoms with Crippen LogP contribution in [-0.4, -0.2) is 42.6 Å². The molecule has 0 aromatic carbocycles. The zero-order chi connectivity index (χ0) is 14.0. The van der Waals surface area contributed by atoms with E-state index in [4.69, 9.17) is 10.5 Å². The number of piperidine rings is 1. The van der Waals surface area contributed by atoms with Crippen molar-refractivity contribution in [3.05, 3.63) is 0 Å². The van der Waals surface area contributed by atoms with E-state index in [0.717, 1.165) is 44.7 Å². The minimum absolute atomic E-state index is 0.0843. The molecule has 2 fully saturated rings. The molecule has 2 aliphatic heterocycles. The van der Waals surface area contributed by atoms with E-state index < -0.39 is 0 Å². The summed E-state index contributed by atoms with van der Waals surface area (Å²) in [6, 6.07) is 0. The third kappa shape index (κ3) is 3.48. The van der Waals surface area contributed by atoms with Crippen molar-refractivity contribution in [2.45, 2.75) is 58.7 Å². The fraction of sp³-hybridized carbons (Fsp3) is 0.933. The lowest BCUT2D eigenvalue weighted by atomic mass is 9.75. The molecule has 0 saturated carbocycles. The van der Waals surface area contributed by atoms with Crippen molar-refractivity contribution in [3.63, 3.8) is 0 Å². The van der Waals surface area contributed by atoms with E-state index >= 15 is 0 Å². The molecule has 110 valence electrons. The average molecular weight is 268 g/mol. The van der Waals surface area contributed by atoms with Crippen LogP contribution in [0.25, 0.3) is 0 Å². The monoisotopic (exact) mass is 268 g/mol. The van der Waals surface area contributed by atoms with Gasteiger partial charge in [0.05, 0.1) is 6.10 Å². The molecule has 2 N–H and O–H groups in total. The van der Waals surface area contributed by atoms with E-state index in [9.17, 15) is 4.79 Å². The first kappa shape index (κ1) is 14.8. The second kappa shape index (κ2) is 5.80. The first-order valence-corrected chi connectivity index (χ1v) is 7.56. The van der Waals surface area contributed by atoms with Crippen LogP contribution < -0.4 is 5.73 Å². The molecule has 2 saturated heterocycles. The molecule has 2 heterocycles. The summed E-state index contributed by atoms with van der Waals surface area (Å²) in [5.41, 5.74) is 5.94. The van der Waals surface area contributed by atoms with Crippen LogP contribution >= 0.6 is 0 Å². The van der Waals surface area contributed by atoms with E-state index in [1.807, 2.05) is 4.90 Å². The van der Waals surface area contributed by atoms with Gasteiger partial charge in [-0.05, 0) is 37.0 Å². The van der Waals surface area contributed by atoms with Crippen molar-refractivity contribution in [1.29, 1.82) is 0 Å². The Kier molecular flexibility index (Phi) is 4.51. The lowest BCUT2D eigenvalue weighted by Crippen LogP contribution is -2.45. The summed E-state index contributed by atoms with van der Waals surface area (Å²) in [4.78, 5) is 14.4. The van der Waals surface area contributed by atoms with E-state index in [1.165, 1.54) is 0 Å². The van der Waals surface area contributed by atoms with Gasteiger partial charge in [0.15, 0.2) is 0 Å². The molecule has 0 spiro atoms. The number of nitrogens with two attached hydrogens (primary N) is 1. The topological polar surface area (TPSA) is 55.6 Å². The lowest BCUT2D eigenvalue weighted by molar-refractivity contribution is -0.144. The molecule has 2 aliphatic rings. The summed E-state index contributed by atoms with van der Waals surface area (Å²) in [5, 5.41) is 0. The molecular weight excluding hydrogens is 240 g/mol. The van der Waals surface area contributed by atoms with Crippen molar-refractivity contribution >= 4 is 5.91 Å². The van der Waals surface area contributed by atoms with Gasteiger partial charge >= 0.3 is 0 Å². The van der Waals surface area contributed by atoms with Crippen LogP contribution in [0, 0.1) is 11.3 Å². The highest BCUT2D eigenvalue weighted by atomic mass is 16.5. The van der Waals surface area contributed by atoms with Crippen LogP contribution in [0.2, 0.25) is 0 Å². The first-order valence-electron chi connectivity index (χ1n) is 7.56. The molecular formula is C15H28N2O2. The number of hydrogen-bond acceptors (Lipinski definition) is 3. The van der Waals surface area contributed by atoms with Gasteiger partial charge in [0, 0.05) is 19.6 Å². The fourth-order valence-electron chi connectivity index (χ4n) is 3.23. The Morgan fingerprint density at radius 2 is 1.84 bits per heavy atom. The predicted octanol–water partition coefficient (Wildman–Crippen LogP) is 1.78. The van der Waals surface area contributed by atoms with E-state index in [-0.39, 0.29) is 18.1 Å². The van der Waals surface area contributed by atoms with Gasteiger partial charge in [-0.25, -0.2) is 0 Å². The number of carbonyl (C=O) groups is 1. The van der Waals surface area contributed by atoms with Crippen LogP contribution in [0.4, 0.5) is 0 Å². The molecule has 4 heteroatoms. The molecule has 1 amide bonds. The Labute approximate surface area is 116 Å². The van der Waals surface area contributed by atoms with Gasteiger partial charge in [-0.2, -0.15) is 0 Å². The number of carbonyl (C=O) groups excluding carboxylic acids is 1. The molecule has 19 heavy (non-hydrogen) atoms. The Hall–Kier alpha value is -0.610. The average Bonchev–Trinajstić information content (AvgIpc) is 2.86. The van der Waals surface area contributed by atoms with Crippen molar-refractivity contribution in [2.75, 3.05) is 19.6 Å². The van der Waals surface area contributed by atoms with Crippen molar-refractivity contribution in [1.82, 2.24) is 4.90 Å². The maximum Gasteiger partial charge on any atom is 0.251 e.